The van der Waals surface area contributed by atoms with Crippen molar-refractivity contribution < 1.29 is 4.74 Å². The summed E-state index contributed by atoms with van der Waals surface area (Å²) in [6, 6.07) is 6.35. The predicted octanol–water partition coefficient (Wildman–Crippen LogP) is 3.18. The molecule has 0 atom stereocenters. The van der Waals surface area contributed by atoms with E-state index in [1.165, 1.54) is 56.6 Å². The molecule has 2 fully saturated rings. The number of hydrogen-bond acceptors (Lipinski definition) is 3. The third-order valence-electron chi connectivity index (χ3n) is 5.24. The molecule has 1 aromatic carbocycles. The predicted molar refractivity (Wildman–Crippen MR) is 94.3 cm³/mol. The van der Waals surface area contributed by atoms with E-state index in [1.54, 1.807) is 0 Å². The van der Waals surface area contributed by atoms with Crippen molar-refractivity contribution in [1.82, 2.24) is 10.2 Å². The molecule has 1 spiro atoms. The molecule has 0 saturated carbocycles. The van der Waals surface area contributed by atoms with Crippen molar-refractivity contribution in [3.8, 4) is 5.75 Å². The van der Waals surface area contributed by atoms with Crippen LogP contribution in [0.5, 0.6) is 5.75 Å². The smallest absolute Gasteiger partial charge is 0.125 e. The van der Waals surface area contributed by atoms with E-state index in [1.807, 2.05) is 0 Å². The average Bonchev–Trinajstić information content (AvgIpc) is 2.86. The molecular formula is C18H29ClN2O. The fraction of sp³-hybridized carbons (Fsp3) is 0.667. The zero-order valence-electron chi connectivity index (χ0n) is 13.9. The molecule has 3 rings (SSSR count). The van der Waals surface area contributed by atoms with Crippen molar-refractivity contribution in [3.05, 3.63) is 29.3 Å². The second-order valence-corrected chi connectivity index (χ2v) is 6.85. The van der Waals surface area contributed by atoms with E-state index in [0.29, 0.717) is 5.41 Å². The van der Waals surface area contributed by atoms with Gasteiger partial charge in [0.05, 0.1) is 0 Å². The number of nitrogens with one attached hydrogen (secondary N) is 1. The highest BCUT2D eigenvalue weighted by atomic mass is 35.5. The lowest BCUT2D eigenvalue weighted by Gasteiger charge is -2.33. The molecule has 0 radical (unpaired) electrons. The van der Waals surface area contributed by atoms with Crippen molar-refractivity contribution in [1.29, 1.82) is 0 Å². The van der Waals surface area contributed by atoms with Crippen LogP contribution >= 0.6 is 12.4 Å². The monoisotopic (exact) mass is 324 g/mol. The number of piperidine rings is 1. The number of para-hydroxylation sites is 1. The van der Waals surface area contributed by atoms with E-state index < -0.39 is 0 Å². The number of nitrogens with zero attached hydrogens (tertiary/aromatic N) is 1. The van der Waals surface area contributed by atoms with E-state index in [-0.39, 0.29) is 12.4 Å². The Morgan fingerprint density at radius 3 is 2.50 bits per heavy atom. The van der Waals surface area contributed by atoms with Crippen LogP contribution in [0.2, 0.25) is 0 Å². The largest absolute Gasteiger partial charge is 0.492 e. The van der Waals surface area contributed by atoms with Gasteiger partial charge in [0, 0.05) is 13.1 Å². The minimum Gasteiger partial charge on any atom is -0.492 e. The number of hydrogen-bond donors (Lipinski definition) is 1. The van der Waals surface area contributed by atoms with Gasteiger partial charge in [0.15, 0.2) is 0 Å². The number of aryl methyl sites for hydroxylation is 2. The van der Waals surface area contributed by atoms with E-state index >= 15 is 0 Å². The topological polar surface area (TPSA) is 24.5 Å². The molecule has 0 amide bonds. The summed E-state index contributed by atoms with van der Waals surface area (Å²) in [6.07, 6.45) is 4.07. The first-order valence-electron chi connectivity index (χ1n) is 8.31. The molecule has 2 heterocycles. The van der Waals surface area contributed by atoms with Gasteiger partial charge in [-0.25, -0.2) is 0 Å². The number of benzene rings is 1. The van der Waals surface area contributed by atoms with Gasteiger partial charge in [-0.3, -0.25) is 4.90 Å². The summed E-state index contributed by atoms with van der Waals surface area (Å²) in [5.41, 5.74) is 3.08. The minimum absolute atomic E-state index is 0. The van der Waals surface area contributed by atoms with E-state index in [2.05, 4.69) is 42.3 Å². The Morgan fingerprint density at radius 2 is 1.82 bits per heavy atom. The van der Waals surface area contributed by atoms with Crippen LogP contribution in [0.25, 0.3) is 0 Å². The van der Waals surface area contributed by atoms with Gasteiger partial charge in [0.2, 0.25) is 0 Å². The molecule has 2 saturated heterocycles. The highest BCUT2D eigenvalue weighted by Crippen LogP contribution is 2.38. The first kappa shape index (κ1) is 17.6. The van der Waals surface area contributed by atoms with Crippen molar-refractivity contribution >= 4 is 12.4 Å². The Morgan fingerprint density at radius 1 is 1.14 bits per heavy atom. The second-order valence-electron chi connectivity index (χ2n) is 6.85. The van der Waals surface area contributed by atoms with Crippen LogP contribution in [0.15, 0.2) is 18.2 Å². The number of halogens is 1. The van der Waals surface area contributed by atoms with Gasteiger partial charge in [-0.2, -0.15) is 0 Å². The zero-order chi connectivity index (χ0) is 14.7. The van der Waals surface area contributed by atoms with Gasteiger partial charge in [-0.15, -0.1) is 12.4 Å². The van der Waals surface area contributed by atoms with Crippen LogP contribution < -0.4 is 10.1 Å². The summed E-state index contributed by atoms with van der Waals surface area (Å²) in [4.78, 5) is 2.60. The number of rotatable bonds is 4. The van der Waals surface area contributed by atoms with Crippen molar-refractivity contribution in [3.63, 3.8) is 0 Å². The molecule has 0 aromatic heterocycles. The third kappa shape index (κ3) is 3.95. The van der Waals surface area contributed by atoms with E-state index in [9.17, 15) is 0 Å². The molecule has 3 nitrogen and oxygen atoms in total. The summed E-state index contributed by atoms with van der Waals surface area (Å²) in [5, 5.41) is 3.48. The molecule has 124 valence electrons. The lowest BCUT2D eigenvalue weighted by Crippen LogP contribution is -2.39. The molecule has 22 heavy (non-hydrogen) atoms. The molecule has 1 N–H and O–H groups in total. The van der Waals surface area contributed by atoms with Gasteiger partial charge in [-0.05, 0) is 69.3 Å². The Kier molecular flexibility index (Phi) is 6.13. The van der Waals surface area contributed by atoms with Gasteiger partial charge in [-0.1, -0.05) is 18.2 Å². The second kappa shape index (κ2) is 7.67. The molecule has 2 aliphatic heterocycles. The van der Waals surface area contributed by atoms with Crippen LogP contribution in [0.3, 0.4) is 0 Å². The Hall–Kier alpha value is -0.770. The maximum absolute atomic E-state index is 6.05. The summed E-state index contributed by atoms with van der Waals surface area (Å²) in [6.45, 7) is 11.0. The van der Waals surface area contributed by atoms with Gasteiger partial charge in [0.1, 0.15) is 12.4 Å². The lowest BCUT2D eigenvalue weighted by atomic mass is 9.78. The number of likely N-dealkylation sites (tertiary alicyclic amines) is 1. The van der Waals surface area contributed by atoms with Crippen molar-refractivity contribution in [2.45, 2.75) is 33.1 Å². The maximum atomic E-state index is 6.05. The SMILES string of the molecule is Cc1cccc(C)c1OCCN1CCC2(CCNCC2)C1.Cl. The summed E-state index contributed by atoms with van der Waals surface area (Å²) in [7, 11) is 0. The first-order valence-corrected chi connectivity index (χ1v) is 8.31. The van der Waals surface area contributed by atoms with Crippen LogP contribution in [0.4, 0.5) is 0 Å². The quantitative estimate of drug-likeness (QED) is 0.920. The maximum Gasteiger partial charge on any atom is 0.125 e. The molecule has 4 heteroatoms. The van der Waals surface area contributed by atoms with Gasteiger partial charge >= 0.3 is 0 Å². The highest BCUT2D eigenvalue weighted by Gasteiger charge is 2.38. The summed E-state index contributed by atoms with van der Waals surface area (Å²) in [5.74, 6) is 1.08. The molecule has 2 aliphatic rings. The molecule has 1 aromatic rings. The van der Waals surface area contributed by atoms with Crippen LogP contribution in [0, 0.1) is 19.3 Å². The van der Waals surface area contributed by atoms with E-state index in [4.69, 9.17) is 4.74 Å². The fourth-order valence-corrected chi connectivity index (χ4v) is 3.89. The number of ether oxygens (including phenoxy) is 1. The highest BCUT2D eigenvalue weighted by molar-refractivity contribution is 5.85. The van der Waals surface area contributed by atoms with Crippen LogP contribution in [-0.4, -0.2) is 44.2 Å². The standard InChI is InChI=1S/C18H28N2O.ClH/c1-15-4-3-5-16(2)17(15)21-13-12-20-11-8-18(14-20)6-9-19-10-7-18;/h3-5,19H,6-14H2,1-2H3;1H. The normalized spacial score (nSPS) is 20.8. The summed E-state index contributed by atoms with van der Waals surface area (Å²) >= 11 is 0. The summed E-state index contributed by atoms with van der Waals surface area (Å²) < 4.78 is 6.05. The van der Waals surface area contributed by atoms with Crippen molar-refractivity contribution in [2.75, 3.05) is 39.3 Å². The molecular weight excluding hydrogens is 296 g/mol. The molecule has 0 bridgehead atoms. The Bertz CT molecular complexity index is 466. The third-order valence-corrected chi connectivity index (χ3v) is 5.24. The fourth-order valence-electron chi connectivity index (χ4n) is 3.89. The molecule has 0 aliphatic carbocycles. The lowest BCUT2D eigenvalue weighted by molar-refractivity contribution is 0.179. The van der Waals surface area contributed by atoms with Crippen LogP contribution in [0.1, 0.15) is 30.4 Å². The molecule has 0 unspecified atom stereocenters. The van der Waals surface area contributed by atoms with Gasteiger partial charge < -0.3 is 10.1 Å². The van der Waals surface area contributed by atoms with Crippen LogP contribution in [-0.2, 0) is 0 Å². The Balaban J connectivity index is 0.00000176. The first-order chi connectivity index (χ1) is 10.2. The minimum atomic E-state index is 0. The Labute approximate surface area is 140 Å². The van der Waals surface area contributed by atoms with Gasteiger partial charge in [0.25, 0.3) is 0 Å². The zero-order valence-corrected chi connectivity index (χ0v) is 14.7. The van der Waals surface area contributed by atoms with E-state index in [0.717, 1.165) is 18.9 Å². The van der Waals surface area contributed by atoms with Crippen molar-refractivity contribution in [2.24, 2.45) is 5.41 Å². The average molecular weight is 325 g/mol.